The van der Waals surface area contributed by atoms with Gasteiger partial charge >= 0.3 is 0 Å². The molecule has 0 N–H and O–H groups in total. The first-order chi connectivity index (χ1) is 9.38. The summed E-state index contributed by atoms with van der Waals surface area (Å²) in [7, 11) is 0. The lowest BCUT2D eigenvalue weighted by molar-refractivity contribution is -0.135. The van der Waals surface area contributed by atoms with E-state index in [-0.39, 0.29) is 27.6 Å². The van der Waals surface area contributed by atoms with Crippen molar-refractivity contribution in [2.24, 2.45) is 22.7 Å². The molecule has 3 rings (SSSR count). The fourth-order valence-electron chi connectivity index (χ4n) is 3.98. The van der Waals surface area contributed by atoms with Crippen LogP contribution in [0.5, 0.6) is 0 Å². The van der Waals surface area contributed by atoms with E-state index in [9.17, 15) is 9.59 Å². The maximum absolute atomic E-state index is 12.6. The summed E-state index contributed by atoms with van der Waals surface area (Å²) in [6.45, 7) is 6.33. The number of hydrogen-bond donors (Lipinski definition) is 0. The van der Waals surface area contributed by atoms with Gasteiger partial charge in [-0.3, -0.25) is 9.59 Å². The van der Waals surface area contributed by atoms with E-state index in [4.69, 9.17) is 4.42 Å². The summed E-state index contributed by atoms with van der Waals surface area (Å²) < 4.78 is 5.24. The van der Waals surface area contributed by atoms with Gasteiger partial charge in [-0.25, -0.2) is 0 Å². The molecule has 1 unspecified atom stereocenters. The van der Waals surface area contributed by atoms with Crippen molar-refractivity contribution in [1.29, 1.82) is 0 Å². The molecule has 2 saturated carbocycles. The number of Topliss-reactive ketones (excluding diaryl/α,β-unsaturated/α-hetero) is 1. The van der Waals surface area contributed by atoms with Gasteiger partial charge in [-0.1, -0.05) is 32.5 Å². The number of rotatable bonds is 3. The Morgan fingerprint density at radius 3 is 2.75 bits per heavy atom. The van der Waals surface area contributed by atoms with Crippen molar-refractivity contribution in [2.45, 2.75) is 39.4 Å². The highest BCUT2D eigenvalue weighted by atomic mass is 32.2. The highest BCUT2D eigenvalue weighted by molar-refractivity contribution is 8.13. The molecular weight excluding hydrogens is 272 g/mol. The molecule has 20 heavy (non-hydrogen) atoms. The van der Waals surface area contributed by atoms with Crippen LogP contribution >= 0.6 is 11.8 Å². The van der Waals surface area contributed by atoms with Crippen LogP contribution in [-0.4, -0.2) is 10.9 Å². The Hall–Kier alpha value is -1.03. The zero-order valence-corrected chi connectivity index (χ0v) is 13.0. The van der Waals surface area contributed by atoms with Gasteiger partial charge in [-0.05, 0) is 36.3 Å². The Bertz CT molecular complexity index is 546. The molecule has 2 bridgehead atoms. The highest BCUT2D eigenvalue weighted by Gasteiger charge is 2.67. The van der Waals surface area contributed by atoms with Gasteiger partial charge in [0, 0.05) is 5.41 Å². The predicted molar refractivity (Wildman–Crippen MR) is 78.1 cm³/mol. The van der Waals surface area contributed by atoms with Gasteiger partial charge in [-0.2, -0.15) is 0 Å². The summed E-state index contributed by atoms with van der Waals surface area (Å²) in [5.41, 5.74) is -0.376. The smallest absolute Gasteiger partial charge is 0.200 e. The van der Waals surface area contributed by atoms with Crippen LogP contribution in [0, 0.1) is 22.7 Å². The predicted octanol–water partition coefficient (Wildman–Crippen LogP) is 3.68. The van der Waals surface area contributed by atoms with E-state index in [2.05, 4.69) is 13.8 Å². The second-order valence-electron chi connectivity index (χ2n) is 6.73. The zero-order valence-electron chi connectivity index (χ0n) is 12.1. The fourth-order valence-corrected chi connectivity index (χ4v) is 4.88. The average molecular weight is 292 g/mol. The number of carbonyl (C=O) groups excluding carboxylic acids is 2. The summed E-state index contributed by atoms with van der Waals surface area (Å²) in [6, 6.07) is 3.67. The number of carbonyl (C=O) groups is 2. The standard InChI is InChI=1S/C16H20O3S/c1-15(2)11-6-7-16(15,3)13(17)12(11)14(18)20-9-10-5-4-8-19-10/h4-5,8,11-12H,6-7,9H2,1-3H3/t11-,12?,16+/m0/s1. The third-order valence-corrected chi connectivity index (χ3v) is 6.69. The molecule has 4 heteroatoms. The van der Waals surface area contributed by atoms with E-state index in [1.54, 1.807) is 6.26 Å². The van der Waals surface area contributed by atoms with Crippen LogP contribution in [0.3, 0.4) is 0 Å². The maximum atomic E-state index is 12.6. The summed E-state index contributed by atoms with van der Waals surface area (Å²) in [6.07, 6.45) is 3.52. The van der Waals surface area contributed by atoms with Crippen LogP contribution in [0.2, 0.25) is 0 Å². The molecule has 2 aliphatic carbocycles. The molecule has 1 aromatic heterocycles. The van der Waals surface area contributed by atoms with Gasteiger partial charge in [0.2, 0.25) is 0 Å². The first-order valence-electron chi connectivity index (χ1n) is 7.11. The molecular formula is C16H20O3S. The third kappa shape index (κ3) is 1.73. The molecule has 0 aliphatic heterocycles. The van der Waals surface area contributed by atoms with Crippen molar-refractivity contribution >= 4 is 22.7 Å². The minimum Gasteiger partial charge on any atom is -0.468 e. The van der Waals surface area contributed by atoms with Crippen LogP contribution in [0.25, 0.3) is 0 Å². The van der Waals surface area contributed by atoms with Gasteiger partial charge < -0.3 is 4.42 Å². The number of thioether (sulfide) groups is 1. The quantitative estimate of drug-likeness (QED) is 0.797. The van der Waals surface area contributed by atoms with E-state index >= 15 is 0 Å². The molecule has 108 valence electrons. The number of ketones is 1. The van der Waals surface area contributed by atoms with Gasteiger partial charge in [0.1, 0.15) is 5.76 Å². The third-order valence-electron chi connectivity index (χ3n) is 5.72. The lowest BCUT2D eigenvalue weighted by atomic mass is 9.70. The molecule has 0 spiro atoms. The van der Waals surface area contributed by atoms with Crippen LogP contribution < -0.4 is 0 Å². The topological polar surface area (TPSA) is 47.3 Å². The Morgan fingerprint density at radius 2 is 2.20 bits per heavy atom. The SMILES string of the molecule is CC1(C)[C@H]2CC[C@]1(C)C(=O)C2C(=O)SCc1ccco1. The Kier molecular flexibility index (Phi) is 3.12. The van der Waals surface area contributed by atoms with Crippen molar-refractivity contribution < 1.29 is 14.0 Å². The molecule has 1 heterocycles. The molecule has 0 aromatic carbocycles. The minimum absolute atomic E-state index is 0.0212. The van der Waals surface area contributed by atoms with Crippen LogP contribution in [0.4, 0.5) is 0 Å². The molecule has 1 aromatic rings. The zero-order chi connectivity index (χ0) is 14.5. The van der Waals surface area contributed by atoms with E-state index in [1.807, 2.05) is 19.1 Å². The van der Waals surface area contributed by atoms with E-state index in [0.29, 0.717) is 5.75 Å². The number of fused-ring (bicyclic) bond motifs is 2. The fraction of sp³-hybridized carbons (Fsp3) is 0.625. The normalized spacial score (nSPS) is 34.6. The summed E-state index contributed by atoms with van der Waals surface area (Å²) in [5.74, 6) is 1.25. The van der Waals surface area contributed by atoms with Crippen molar-refractivity contribution in [3.63, 3.8) is 0 Å². The molecule has 2 aliphatic rings. The maximum Gasteiger partial charge on any atom is 0.200 e. The molecule has 3 atom stereocenters. The van der Waals surface area contributed by atoms with Crippen molar-refractivity contribution in [3.8, 4) is 0 Å². The lowest BCUT2D eigenvalue weighted by Crippen LogP contribution is -2.34. The number of furan rings is 1. The van der Waals surface area contributed by atoms with Crippen LogP contribution in [0.15, 0.2) is 22.8 Å². The van der Waals surface area contributed by atoms with E-state index in [0.717, 1.165) is 18.6 Å². The first-order valence-corrected chi connectivity index (χ1v) is 8.10. The van der Waals surface area contributed by atoms with Gasteiger partial charge in [0.05, 0.1) is 17.9 Å². The van der Waals surface area contributed by atoms with Gasteiger partial charge in [0.25, 0.3) is 0 Å². The monoisotopic (exact) mass is 292 g/mol. The second kappa shape index (κ2) is 4.48. The Labute approximate surface area is 123 Å². The minimum atomic E-state index is -0.413. The molecule has 3 nitrogen and oxygen atoms in total. The lowest BCUT2D eigenvalue weighted by Gasteiger charge is -2.32. The Morgan fingerprint density at radius 1 is 1.45 bits per heavy atom. The first kappa shape index (κ1) is 13.9. The van der Waals surface area contributed by atoms with Crippen molar-refractivity contribution in [3.05, 3.63) is 24.2 Å². The Balaban J connectivity index is 1.75. The van der Waals surface area contributed by atoms with Crippen molar-refractivity contribution in [1.82, 2.24) is 0 Å². The van der Waals surface area contributed by atoms with Gasteiger partial charge in [0.15, 0.2) is 10.9 Å². The molecule has 0 saturated heterocycles. The molecule has 2 fully saturated rings. The second-order valence-corrected chi connectivity index (χ2v) is 7.71. The van der Waals surface area contributed by atoms with Crippen LogP contribution in [0.1, 0.15) is 39.4 Å². The van der Waals surface area contributed by atoms with Crippen LogP contribution in [-0.2, 0) is 15.3 Å². The summed E-state index contributed by atoms with van der Waals surface area (Å²) in [5, 5.41) is 0.0212. The van der Waals surface area contributed by atoms with Gasteiger partial charge in [-0.15, -0.1) is 0 Å². The number of hydrogen-bond acceptors (Lipinski definition) is 4. The average Bonchev–Trinajstić information content (AvgIpc) is 3.01. The summed E-state index contributed by atoms with van der Waals surface area (Å²) in [4.78, 5) is 25.1. The van der Waals surface area contributed by atoms with Crippen molar-refractivity contribution in [2.75, 3.05) is 0 Å². The van der Waals surface area contributed by atoms with E-state index in [1.165, 1.54) is 11.8 Å². The summed E-state index contributed by atoms with van der Waals surface area (Å²) >= 11 is 1.22. The molecule has 0 radical (unpaired) electrons. The van der Waals surface area contributed by atoms with E-state index < -0.39 is 5.92 Å². The molecule has 0 amide bonds. The largest absolute Gasteiger partial charge is 0.468 e. The highest BCUT2D eigenvalue weighted by Crippen LogP contribution is 2.66.